The van der Waals surface area contributed by atoms with Gasteiger partial charge in [-0.3, -0.25) is 0 Å². The zero-order chi connectivity index (χ0) is 37.5. The molecular weight excluding hydrogens is 733 g/mol. The van der Waals surface area contributed by atoms with Gasteiger partial charge in [0.05, 0.1) is 11.0 Å². The fourth-order valence-corrected chi connectivity index (χ4v) is 10.8. The van der Waals surface area contributed by atoms with Crippen molar-refractivity contribution in [1.82, 2.24) is 19.5 Å². The SMILES string of the molecule is C1=Cc2sc3ccc(-n4c5ccccc5c5cc(-c6ccc7sc8ccc(-c9nc(-c%10ccccc%10)nc(-c%10ccccc%10)n9)cc8c7c6)ccc54)cc3c2CC1. The number of allylic oxidation sites excluding steroid dienone is 1. The first kappa shape index (κ1) is 32.5. The third-order valence-corrected chi connectivity index (χ3v) is 13.7. The summed E-state index contributed by atoms with van der Waals surface area (Å²) < 4.78 is 6.31. The molecule has 7 aromatic carbocycles. The average Bonchev–Trinajstić information content (AvgIpc) is 3.95. The largest absolute Gasteiger partial charge is 0.309 e. The van der Waals surface area contributed by atoms with Crippen molar-refractivity contribution in [1.29, 1.82) is 0 Å². The highest BCUT2D eigenvalue weighted by atomic mass is 32.1. The van der Waals surface area contributed by atoms with Gasteiger partial charge in [0.25, 0.3) is 0 Å². The maximum absolute atomic E-state index is 5.02. The van der Waals surface area contributed by atoms with Gasteiger partial charge in [0.15, 0.2) is 17.5 Å². The number of nitrogens with zero attached hydrogens (tertiary/aromatic N) is 4. The van der Waals surface area contributed by atoms with Gasteiger partial charge >= 0.3 is 0 Å². The molecule has 0 saturated heterocycles. The van der Waals surface area contributed by atoms with Crippen molar-refractivity contribution < 1.29 is 0 Å². The molecule has 268 valence electrons. The quantitative estimate of drug-likeness (QED) is 0.175. The van der Waals surface area contributed by atoms with E-state index in [-0.39, 0.29) is 0 Å². The number of aromatic nitrogens is 4. The van der Waals surface area contributed by atoms with E-state index in [0.717, 1.165) is 29.5 Å². The van der Waals surface area contributed by atoms with Crippen LogP contribution in [0.1, 0.15) is 16.9 Å². The molecular formula is C51H32N4S2. The summed E-state index contributed by atoms with van der Waals surface area (Å²) in [5.74, 6) is 1.99. The lowest BCUT2D eigenvalue weighted by atomic mass is 10.00. The number of benzene rings is 7. The van der Waals surface area contributed by atoms with Crippen molar-refractivity contribution in [3.63, 3.8) is 0 Å². The molecule has 1 aliphatic carbocycles. The predicted octanol–water partition coefficient (Wildman–Crippen LogP) is 14.2. The lowest BCUT2D eigenvalue weighted by Gasteiger charge is -2.10. The fraction of sp³-hybridized carbons (Fsp3) is 0.0392. The Labute approximate surface area is 336 Å². The average molecular weight is 765 g/mol. The molecule has 11 aromatic rings. The Morgan fingerprint density at radius 3 is 1.72 bits per heavy atom. The van der Waals surface area contributed by atoms with Crippen molar-refractivity contribution in [3.8, 4) is 51.0 Å². The first-order valence-electron chi connectivity index (χ1n) is 19.3. The molecule has 4 nitrogen and oxygen atoms in total. The van der Waals surface area contributed by atoms with Crippen molar-refractivity contribution in [2.45, 2.75) is 12.8 Å². The van der Waals surface area contributed by atoms with Crippen LogP contribution < -0.4 is 0 Å². The maximum atomic E-state index is 5.02. The minimum absolute atomic E-state index is 0.664. The number of fused-ring (bicyclic) bond motifs is 9. The predicted molar refractivity (Wildman–Crippen MR) is 242 cm³/mol. The van der Waals surface area contributed by atoms with Crippen LogP contribution in [-0.4, -0.2) is 19.5 Å². The maximum Gasteiger partial charge on any atom is 0.164 e. The summed E-state index contributed by atoms with van der Waals surface area (Å²) in [7, 11) is 0. The van der Waals surface area contributed by atoms with Crippen LogP contribution in [0.5, 0.6) is 0 Å². The second-order valence-corrected chi connectivity index (χ2v) is 16.9. The summed E-state index contributed by atoms with van der Waals surface area (Å²) in [5, 5.41) is 6.35. The van der Waals surface area contributed by atoms with Gasteiger partial charge in [-0.15, -0.1) is 22.7 Å². The van der Waals surface area contributed by atoms with Crippen LogP contribution in [0.25, 0.3) is 109 Å². The van der Waals surface area contributed by atoms with Gasteiger partial charge in [0, 0.05) is 62.9 Å². The second kappa shape index (κ2) is 12.9. The van der Waals surface area contributed by atoms with Crippen LogP contribution in [0.2, 0.25) is 0 Å². The van der Waals surface area contributed by atoms with Crippen molar-refractivity contribution in [2.24, 2.45) is 0 Å². The van der Waals surface area contributed by atoms with Crippen molar-refractivity contribution in [3.05, 3.63) is 174 Å². The highest BCUT2D eigenvalue weighted by Crippen LogP contribution is 2.42. The molecule has 0 fully saturated rings. The molecule has 0 saturated carbocycles. The third kappa shape index (κ3) is 5.36. The summed E-state index contributed by atoms with van der Waals surface area (Å²) in [6.07, 6.45) is 6.83. The molecule has 0 N–H and O–H groups in total. The van der Waals surface area contributed by atoms with Gasteiger partial charge in [-0.2, -0.15) is 0 Å². The molecule has 1 aliphatic rings. The molecule has 0 bridgehead atoms. The van der Waals surface area contributed by atoms with Gasteiger partial charge < -0.3 is 4.57 Å². The standard InChI is InChI=1S/C51H32N4S2/c1-3-11-31(12-4-1)49-52-50(32-13-5-2-6-14-32)54-51(53-49)35-21-25-47-41(29-35)40-28-34(20-24-46(40)57-47)33-19-23-44-39(27-33)37-15-7-9-17-43(37)55(44)36-22-26-48-42(30-36)38-16-8-10-18-45(38)56-48/h1-7,9-15,17-30H,8,16H2. The zero-order valence-electron chi connectivity index (χ0n) is 30.7. The summed E-state index contributed by atoms with van der Waals surface area (Å²) in [6.45, 7) is 0. The monoisotopic (exact) mass is 764 g/mol. The van der Waals surface area contributed by atoms with Gasteiger partial charge in [-0.05, 0) is 108 Å². The number of hydrogen-bond acceptors (Lipinski definition) is 5. The van der Waals surface area contributed by atoms with Crippen LogP contribution >= 0.6 is 22.7 Å². The van der Waals surface area contributed by atoms with Crippen LogP contribution in [0.4, 0.5) is 0 Å². The molecule has 57 heavy (non-hydrogen) atoms. The van der Waals surface area contributed by atoms with Gasteiger partial charge in [0.1, 0.15) is 0 Å². The highest BCUT2D eigenvalue weighted by Gasteiger charge is 2.18. The Morgan fingerprint density at radius 2 is 0.982 bits per heavy atom. The molecule has 0 radical (unpaired) electrons. The topological polar surface area (TPSA) is 43.6 Å². The number of thiophene rings is 2. The molecule has 4 heterocycles. The highest BCUT2D eigenvalue weighted by molar-refractivity contribution is 7.25. The van der Waals surface area contributed by atoms with E-state index in [4.69, 9.17) is 15.0 Å². The van der Waals surface area contributed by atoms with Gasteiger partial charge in [0.2, 0.25) is 0 Å². The van der Waals surface area contributed by atoms with E-state index in [2.05, 4.69) is 114 Å². The van der Waals surface area contributed by atoms with E-state index in [1.807, 2.05) is 83.3 Å². The second-order valence-electron chi connectivity index (χ2n) is 14.7. The summed E-state index contributed by atoms with van der Waals surface area (Å²) in [6, 6.07) is 56.6. The molecule has 12 rings (SSSR count). The molecule has 4 aromatic heterocycles. The summed E-state index contributed by atoms with van der Waals surface area (Å²) in [4.78, 5) is 16.4. The molecule has 0 atom stereocenters. The third-order valence-electron chi connectivity index (χ3n) is 11.3. The van der Waals surface area contributed by atoms with E-state index >= 15 is 0 Å². The normalized spacial score (nSPS) is 12.7. The van der Waals surface area contributed by atoms with Crippen LogP contribution in [0.3, 0.4) is 0 Å². The Balaban J connectivity index is 0.978. The Morgan fingerprint density at radius 1 is 0.421 bits per heavy atom. The number of hydrogen-bond donors (Lipinski definition) is 0. The summed E-state index contributed by atoms with van der Waals surface area (Å²) in [5.41, 5.74) is 10.4. The number of aryl methyl sites for hydroxylation is 1. The molecule has 6 heteroatoms. The molecule has 0 spiro atoms. The van der Waals surface area contributed by atoms with Crippen LogP contribution in [-0.2, 0) is 6.42 Å². The Kier molecular flexibility index (Phi) is 7.37. The zero-order valence-corrected chi connectivity index (χ0v) is 32.3. The van der Waals surface area contributed by atoms with Gasteiger partial charge in [-0.25, -0.2) is 15.0 Å². The van der Waals surface area contributed by atoms with E-state index in [0.29, 0.717) is 17.5 Å². The lowest BCUT2D eigenvalue weighted by Crippen LogP contribution is -2.00. The fourth-order valence-electron chi connectivity index (χ4n) is 8.57. The molecule has 0 aliphatic heterocycles. The van der Waals surface area contributed by atoms with Crippen molar-refractivity contribution >= 4 is 80.8 Å². The number of rotatable bonds is 5. The van der Waals surface area contributed by atoms with Crippen molar-refractivity contribution in [2.75, 3.05) is 0 Å². The van der Waals surface area contributed by atoms with E-state index in [9.17, 15) is 0 Å². The van der Waals surface area contributed by atoms with Crippen LogP contribution in [0.15, 0.2) is 164 Å². The van der Waals surface area contributed by atoms with Gasteiger partial charge in [-0.1, -0.05) is 97.1 Å². The number of para-hydroxylation sites is 1. The first-order valence-corrected chi connectivity index (χ1v) is 20.9. The minimum Gasteiger partial charge on any atom is -0.309 e. The molecule has 0 amide bonds. The first-order chi connectivity index (χ1) is 28.2. The minimum atomic E-state index is 0.664. The van der Waals surface area contributed by atoms with E-state index < -0.39 is 0 Å². The Bertz CT molecular complexity index is 3350. The van der Waals surface area contributed by atoms with E-state index in [1.165, 1.54) is 79.3 Å². The molecule has 0 unspecified atom stereocenters. The van der Waals surface area contributed by atoms with E-state index in [1.54, 1.807) is 0 Å². The lowest BCUT2D eigenvalue weighted by molar-refractivity contribution is 1.01. The summed E-state index contributed by atoms with van der Waals surface area (Å²) >= 11 is 3.73. The Hall–Kier alpha value is -6.73. The smallest absolute Gasteiger partial charge is 0.164 e. The van der Waals surface area contributed by atoms with Crippen LogP contribution in [0, 0.1) is 0 Å².